The number of anilines is 1. The van der Waals surface area contributed by atoms with Gasteiger partial charge in [0.05, 0.1) is 23.6 Å². The fourth-order valence-corrected chi connectivity index (χ4v) is 5.20. The molecule has 1 amide bonds. The second kappa shape index (κ2) is 10.7. The van der Waals surface area contributed by atoms with E-state index in [0.717, 1.165) is 42.1 Å². The van der Waals surface area contributed by atoms with Gasteiger partial charge in [-0.05, 0) is 74.1 Å². The molecule has 10 heteroatoms. The van der Waals surface area contributed by atoms with Crippen molar-refractivity contribution in [3.63, 3.8) is 0 Å². The Kier molecular flexibility index (Phi) is 7.29. The Bertz CT molecular complexity index is 1500. The normalized spacial score (nSPS) is 14.2. The van der Waals surface area contributed by atoms with E-state index in [0.29, 0.717) is 34.8 Å². The van der Waals surface area contributed by atoms with Gasteiger partial charge in [0.2, 0.25) is 0 Å². The van der Waals surface area contributed by atoms with Gasteiger partial charge in [-0.15, -0.1) is 5.10 Å². The van der Waals surface area contributed by atoms with Crippen molar-refractivity contribution in [3.8, 4) is 16.9 Å². The molecule has 1 saturated carbocycles. The van der Waals surface area contributed by atoms with E-state index in [1.54, 1.807) is 46.0 Å². The highest BCUT2D eigenvalue weighted by atomic mass is 19.4. The number of amides is 1. The predicted molar refractivity (Wildman–Crippen MR) is 143 cm³/mol. The van der Waals surface area contributed by atoms with Crippen LogP contribution in [0.25, 0.3) is 16.9 Å². The molecule has 2 aromatic carbocycles. The van der Waals surface area contributed by atoms with E-state index in [-0.39, 0.29) is 5.69 Å². The summed E-state index contributed by atoms with van der Waals surface area (Å²) in [6.07, 6.45) is 5.02. The molecule has 0 aliphatic heterocycles. The number of nitrogens with zero attached hydrogens (tertiary/aromatic N) is 5. The van der Waals surface area contributed by atoms with Gasteiger partial charge in [0.15, 0.2) is 0 Å². The van der Waals surface area contributed by atoms with E-state index in [4.69, 9.17) is 0 Å². The van der Waals surface area contributed by atoms with Crippen LogP contribution in [0.5, 0.6) is 0 Å². The molecule has 0 spiro atoms. The summed E-state index contributed by atoms with van der Waals surface area (Å²) in [6.45, 7) is 3.82. The van der Waals surface area contributed by atoms with Crippen LogP contribution >= 0.6 is 0 Å². The minimum Gasteiger partial charge on any atom is -0.322 e. The SMILES string of the molecule is Cc1ccc(C(=O)Nc2cc(CCC3CCCC3)cc(C(F)(F)F)c2)cc1-n1cc(-c2cnn(C)c2C)nn1. The van der Waals surface area contributed by atoms with Gasteiger partial charge < -0.3 is 5.32 Å². The zero-order valence-corrected chi connectivity index (χ0v) is 22.2. The van der Waals surface area contributed by atoms with Crippen molar-refractivity contribution in [3.05, 3.63) is 76.7 Å². The van der Waals surface area contributed by atoms with Crippen molar-refractivity contribution < 1.29 is 18.0 Å². The van der Waals surface area contributed by atoms with Gasteiger partial charge in [0.1, 0.15) is 5.69 Å². The van der Waals surface area contributed by atoms with Crippen molar-refractivity contribution >= 4 is 11.6 Å². The number of halogens is 3. The Hall–Kier alpha value is -3.95. The second-order valence-electron chi connectivity index (χ2n) is 10.4. The molecule has 1 aliphatic carbocycles. The average Bonchev–Trinajstić information content (AvgIpc) is 3.65. The third-order valence-corrected chi connectivity index (χ3v) is 7.62. The Morgan fingerprint density at radius 2 is 1.87 bits per heavy atom. The van der Waals surface area contributed by atoms with Crippen molar-refractivity contribution in [1.29, 1.82) is 0 Å². The number of carbonyl (C=O) groups is 1. The molecule has 1 aliphatic rings. The maximum absolute atomic E-state index is 13.7. The summed E-state index contributed by atoms with van der Waals surface area (Å²) in [5.41, 5.74) is 4.19. The number of nitrogens with one attached hydrogen (secondary N) is 1. The van der Waals surface area contributed by atoms with Crippen LogP contribution in [0.1, 0.15) is 64.8 Å². The lowest BCUT2D eigenvalue weighted by Crippen LogP contribution is -2.15. The standard InChI is InChI=1S/C29H31F3N6O/c1-18-8-11-22(14-27(18)38-17-26(35-36-38)25-16-33-37(3)19(25)2)28(39)34-24-13-21(10-9-20-6-4-5-7-20)12-23(15-24)29(30,31)32/h8,11-17,20H,4-7,9-10H2,1-3H3,(H,34,39). The van der Waals surface area contributed by atoms with E-state index in [1.165, 1.54) is 18.9 Å². The summed E-state index contributed by atoms with van der Waals surface area (Å²) >= 11 is 0. The molecule has 0 bridgehead atoms. The minimum absolute atomic E-state index is 0.133. The summed E-state index contributed by atoms with van der Waals surface area (Å²) in [7, 11) is 1.85. The van der Waals surface area contributed by atoms with Crippen molar-refractivity contribution in [2.45, 2.75) is 58.5 Å². The summed E-state index contributed by atoms with van der Waals surface area (Å²) in [4.78, 5) is 13.2. The lowest BCUT2D eigenvalue weighted by molar-refractivity contribution is -0.137. The zero-order chi connectivity index (χ0) is 27.7. The predicted octanol–water partition coefficient (Wildman–Crippen LogP) is 6.68. The highest BCUT2D eigenvalue weighted by Crippen LogP contribution is 2.34. The van der Waals surface area contributed by atoms with Gasteiger partial charge in [-0.2, -0.15) is 18.3 Å². The molecule has 39 heavy (non-hydrogen) atoms. The van der Waals surface area contributed by atoms with E-state index >= 15 is 0 Å². The number of alkyl halides is 3. The Labute approximate surface area is 225 Å². The molecule has 1 N–H and O–H groups in total. The third-order valence-electron chi connectivity index (χ3n) is 7.62. The zero-order valence-electron chi connectivity index (χ0n) is 22.2. The minimum atomic E-state index is -4.50. The molecule has 1 fully saturated rings. The van der Waals surface area contributed by atoms with Crippen molar-refractivity contribution in [2.75, 3.05) is 5.32 Å². The van der Waals surface area contributed by atoms with Crippen LogP contribution in [-0.4, -0.2) is 30.7 Å². The highest BCUT2D eigenvalue weighted by Gasteiger charge is 2.31. The van der Waals surface area contributed by atoms with Crippen molar-refractivity contribution in [1.82, 2.24) is 24.8 Å². The van der Waals surface area contributed by atoms with Gasteiger partial charge in [-0.3, -0.25) is 9.48 Å². The van der Waals surface area contributed by atoms with E-state index in [1.807, 2.05) is 20.9 Å². The Morgan fingerprint density at radius 3 is 2.56 bits per heavy atom. The maximum atomic E-state index is 13.7. The first kappa shape index (κ1) is 26.6. The molecule has 0 saturated heterocycles. The molecule has 0 radical (unpaired) electrons. The van der Waals surface area contributed by atoms with Gasteiger partial charge in [-0.1, -0.05) is 37.0 Å². The molecule has 0 unspecified atom stereocenters. The van der Waals surface area contributed by atoms with Gasteiger partial charge in [0, 0.05) is 29.6 Å². The fourth-order valence-electron chi connectivity index (χ4n) is 5.20. The van der Waals surface area contributed by atoms with Gasteiger partial charge in [0.25, 0.3) is 5.91 Å². The summed E-state index contributed by atoms with van der Waals surface area (Å²) < 4.78 is 44.3. The first-order valence-electron chi connectivity index (χ1n) is 13.1. The van der Waals surface area contributed by atoms with Crippen LogP contribution in [-0.2, 0) is 19.6 Å². The van der Waals surface area contributed by atoms with E-state index in [2.05, 4.69) is 20.7 Å². The van der Waals surface area contributed by atoms with Crippen LogP contribution in [0, 0.1) is 19.8 Å². The molecule has 2 heterocycles. The first-order valence-corrected chi connectivity index (χ1v) is 13.1. The highest BCUT2D eigenvalue weighted by molar-refractivity contribution is 6.04. The molecule has 0 atom stereocenters. The van der Waals surface area contributed by atoms with E-state index in [9.17, 15) is 18.0 Å². The number of benzene rings is 2. The maximum Gasteiger partial charge on any atom is 0.416 e. The molecular weight excluding hydrogens is 505 g/mol. The molecule has 5 rings (SSSR count). The van der Waals surface area contributed by atoms with Crippen LogP contribution in [0.3, 0.4) is 0 Å². The summed E-state index contributed by atoms with van der Waals surface area (Å²) in [5, 5.41) is 15.4. The number of hydrogen-bond donors (Lipinski definition) is 1. The molecule has 7 nitrogen and oxygen atoms in total. The Balaban J connectivity index is 1.38. The van der Waals surface area contributed by atoms with Crippen LogP contribution in [0.15, 0.2) is 48.8 Å². The van der Waals surface area contributed by atoms with E-state index < -0.39 is 17.6 Å². The molecular formula is C29H31F3N6O. The lowest BCUT2D eigenvalue weighted by atomic mass is 9.96. The Morgan fingerprint density at radius 1 is 1.10 bits per heavy atom. The number of rotatable bonds is 7. The van der Waals surface area contributed by atoms with Crippen LogP contribution in [0.4, 0.5) is 18.9 Å². The van der Waals surface area contributed by atoms with Gasteiger partial charge >= 0.3 is 6.18 Å². The topological polar surface area (TPSA) is 77.6 Å². The fraction of sp³-hybridized carbons (Fsp3) is 0.379. The molecule has 4 aromatic rings. The first-order chi connectivity index (χ1) is 18.6. The number of hydrogen-bond acceptors (Lipinski definition) is 4. The van der Waals surface area contributed by atoms with Crippen LogP contribution < -0.4 is 5.32 Å². The smallest absolute Gasteiger partial charge is 0.322 e. The molecule has 204 valence electrons. The van der Waals surface area contributed by atoms with Crippen molar-refractivity contribution in [2.24, 2.45) is 13.0 Å². The molecule has 2 aromatic heterocycles. The van der Waals surface area contributed by atoms with Gasteiger partial charge in [-0.25, -0.2) is 4.68 Å². The monoisotopic (exact) mass is 536 g/mol. The average molecular weight is 537 g/mol. The third kappa shape index (κ3) is 5.89. The second-order valence-corrected chi connectivity index (χ2v) is 10.4. The van der Waals surface area contributed by atoms with Crippen LogP contribution in [0.2, 0.25) is 0 Å². The lowest BCUT2D eigenvalue weighted by Gasteiger charge is -2.15. The number of aromatic nitrogens is 5. The largest absolute Gasteiger partial charge is 0.416 e. The quantitative estimate of drug-likeness (QED) is 0.286. The summed E-state index contributed by atoms with van der Waals surface area (Å²) in [6, 6.07) is 8.92. The summed E-state index contributed by atoms with van der Waals surface area (Å²) in [5.74, 6) is 0.0590. The number of carbonyl (C=O) groups excluding carboxylic acids is 1. The number of aryl methyl sites for hydroxylation is 3.